The summed E-state index contributed by atoms with van der Waals surface area (Å²) in [6.45, 7) is -0.0881. The summed E-state index contributed by atoms with van der Waals surface area (Å²) in [7, 11) is 0. The van der Waals surface area contributed by atoms with Gasteiger partial charge in [-0.1, -0.05) is 12.1 Å². The number of hydrogen-bond donors (Lipinski definition) is 1. The number of carbonyl (C=O) groups is 1. The number of anilines is 1. The lowest BCUT2D eigenvalue weighted by Gasteiger charge is -2.06. The van der Waals surface area contributed by atoms with Crippen molar-refractivity contribution in [3.63, 3.8) is 0 Å². The van der Waals surface area contributed by atoms with Crippen molar-refractivity contribution in [2.24, 2.45) is 0 Å². The van der Waals surface area contributed by atoms with Gasteiger partial charge in [0, 0.05) is 4.47 Å². The minimum Gasteiger partial charge on any atom is -0.323 e. The van der Waals surface area contributed by atoms with E-state index in [0.29, 0.717) is 5.69 Å². The van der Waals surface area contributed by atoms with Crippen molar-refractivity contribution in [3.05, 3.63) is 51.2 Å². The van der Waals surface area contributed by atoms with Crippen LogP contribution in [-0.4, -0.2) is 20.6 Å². The molecule has 0 unspecified atom stereocenters. The van der Waals surface area contributed by atoms with E-state index in [9.17, 15) is 14.9 Å². The summed E-state index contributed by atoms with van der Waals surface area (Å²) in [5.74, 6) is -0.315. The van der Waals surface area contributed by atoms with Gasteiger partial charge in [0.05, 0.1) is 10.6 Å². The maximum absolute atomic E-state index is 11.8. The van der Waals surface area contributed by atoms with Crippen LogP contribution in [0.25, 0.3) is 0 Å². The zero-order valence-electron chi connectivity index (χ0n) is 9.62. The average molecular weight is 325 g/mol. The van der Waals surface area contributed by atoms with Crippen LogP contribution in [0.2, 0.25) is 0 Å². The number of nitrogens with one attached hydrogen (secondary N) is 1. The Balaban J connectivity index is 2.01. The topological polar surface area (TPSA) is 90.1 Å². The molecule has 1 aromatic heterocycles. The molecule has 1 aromatic carbocycles. The van der Waals surface area contributed by atoms with Gasteiger partial charge in [0.15, 0.2) is 0 Å². The Labute approximate surface area is 116 Å². The number of nitrogens with zero attached hydrogens (tertiary/aromatic N) is 3. The molecule has 2 rings (SSSR count). The third-order valence-electron chi connectivity index (χ3n) is 2.28. The van der Waals surface area contributed by atoms with Gasteiger partial charge in [-0.25, -0.2) is 0 Å². The van der Waals surface area contributed by atoms with Crippen molar-refractivity contribution in [1.82, 2.24) is 9.78 Å². The average Bonchev–Trinajstić information content (AvgIpc) is 2.80. The lowest BCUT2D eigenvalue weighted by Crippen LogP contribution is -2.19. The van der Waals surface area contributed by atoms with Crippen LogP contribution >= 0.6 is 15.9 Å². The lowest BCUT2D eigenvalue weighted by atomic mass is 10.3. The molecule has 0 spiro atoms. The summed E-state index contributed by atoms with van der Waals surface area (Å²) >= 11 is 3.31. The molecule has 0 bridgehead atoms. The zero-order valence-corrected chi connectivity index (χ0v) is 11.2. The molecular formula is C11H9BrN4O3. The smallest absolute Gasteiger partial charge is 0.307 e. The Bertz CT molecular complexity index is 626. The van der Waals surface area contributed by atoms with Gasteiger partial charge in [-0.15, -0.1) is 0 Å². The van der Waals surface area contributed by atoms with Crippen LogP contribution in [0, 0.1) is 10.1 Å². The van der Waals surface area contributed by atoms with Gasteiger partial charge in [-0.2, -0.15) is 5.10 Å². The molecule has 1 heterocycles. The minimum atomic E-state index is -0.560. The number of carbonyl (C=O) groups excluding carboxylic acids is 1. The SMILES string of the molecule is O=C(Cn1cc([N+](=O)[O-])cn1)Nc1ccccc1Br. The largest absolute Gasteiger partial charge is 0.323 e. The molecular weight excluding hydrogens is 316 g/mol. The quantitative estimate of drug-likeness (QED) is 0.689. The van der Waals surface area contributed by atoms with Crippen LogP contribution in [0.4, 0.5) is 11.4 Å². The predicted octanol–water partition coefficient (Wildman–Crippen LogP) is 2.19. The van der Waals surface area contributed by atoms with Crippen LogP contribution < -0.4 is 5.32 Å². The van der Waals surface area contributed by atoms with Gasteiger partial charge < -0.3 is 5.32 Å². The first-order chi connectivity index (χ1) is 9.06. The van der Waals surface area contributed by atoms with Crippen molar-refractivity contribution in [2.75, 3.05) is 5.32 Å². The van der Waals surface area contributed by atoms with E-state index in [0.717, 1.165) is 10.7 Å². The van der Waals surface area contributed by atoms with E-state index in [1.807, 2.05) is 6.07 Å². The summed E-state index contributed by atoms with van der Waals surface area (Å²) in [5.41, 5.74) is 0.489. The van der Waals surface area contributed by atoms with Crippen molar-refractivity contribution in [2.45, 2.75) is 6.54 Å². The normalized spacial score (nSPS) is 10.2. The van der Waals surface area contributed by atoms with Gasteiger partial charge in [0.2, 0.25) is 5.91 Å². The van der Waals surface area contributed by atoms with E-state index < -0.39 is 4.92 Å². The second-order valence-electron chi connectivity index (χ2n) is 3.68. The van der Waals surface area contributed by atoms with Crippen LogP contribution in [0.15, 0.2) is 41.1 Å². The highest BCUT2D eigenvalue weighted by Crippen LogP contribution is 2.21. The Hall–Kier alpha value is -2.22. The van der Waals surface area contributed by atoms with E-state index in [1.54, 1.807) is 18.2 Å². The van der Waals surface area contributed by atoms with Gasteiger partial charge >= 0.3 is 5.69 Å². The Morgan fingerprint density at radius 1 is 1.47 bits per heavy atom. The molecule has 0 saturated heterocycles. The summed E-state index contributed by atoms with van der Waals surface area (Å²) < 4.78 is 1.97. The Morgan fingerprint density at radius 2 is 2.21 bits per heavy atom. The van der Waals surface area contributed by atoms with Crippen molar-refractivity contribution in [3.8, 4) is 0 Å². The number of amides is 1. The number of halogens is 1. The third-order valence-corrected chi connectivity index (χ3v) is 2.98. The summed E-state index contributed by atoms with van der Waals surface area (Å²) in [5, 5.41) is 16.9. The van der Waals surface area contributed by atoms with Crippen LogP contribution in [0.1, 0.15) is 0 Å². The Morgan fingerprint density at radius 3 is 2.84 bits per heavy atom. The molecule has 2 aromatic rings. The fourth-order valence-corrected chi connectivity index (χ4v) is 1.82. The highest BCUT2D eigenvalue weighted by atomic mass is 79.9. The number of benzene rings is 1. The van der Waals surface area contributed by atoms with Crippen LogP contribution in [0.5, 0.6) is 0 Å². The third kappa shape index (κ3) is 3.38. The molecule has 0 radical (unpaired) electrons. The van der Waals surface area contributed by atoms with E-state index in [1.165, 1.54) is 10.9 Å². The number of nitro groups is 1. The molecule has 0 atom stereocenters. The van der Waals surface area contributed by atoms with Gasteiger partial charge in [0.25, 0.3) is 0 Å². The molecule has 1 amide bonds. The molecule has 0 aliphatic carbocycles. The lowest BCUT2D eigenvalue weighted by molar-refractivity contribution is -0.385. The van der Waals surface area contributed by atoms with E-state index in [-0.39, 0.29) is 18.1 Å². The zero-order chi connectivity index (χ0) is 13.8. The standard InChI is InChI=1S/C11H9BrN4O3/c12-9-3-1-2-4-10(9)14-11(17)7-15-6-8(5-13-15)16(18)19/h1-6H,7H2,(H,14,17). The van der Waals surface area contributed by atoms with Crippen molar-refractivity contribution >= 4 is 33.2 Å². The van der Waals surface area contributed by atoms with Crippen LogP contribution in [0.3, 0.4) is 0 Å². The predicted molar refractivity (Wildman–Crippen MR) is 71.7 cm³/mol. The first-order valence-electron chi connectivity index (χ1n) is 5.27. The highest BCUT2D eigenvalue weighted by molar-refractivity contribution is 9.10. The number of rotatable bonds is 4. The molecule has 7 nitrogen and oxygen atoms in total. The monoisotopic (exact) mass is 324 g/mol. The fraction of sp³-hybridized carbons (Fsp3) is 0.0909. The molecule has 8 heteroatoms. The number of para-hydroxylation sites is 1. The summed E-state index contributed by atoms with van der Waals surface area (Å²) in [6.07, 6.45) is 2.31. The van der Waals surface area contributed by atoms with Crippen LogP contribution in [-0.2, 0) is 11.3 Å². The molecule has 1 N–H and O–H groups in total. The van der Waals surface area contributed by atoms with Gasteiger partial charge in [-0.05, 0) is 28.1 Å². The molecule has 0 saturated carbocycles. The summed E-state index contributed by atoms with van der Waals surface area (Å²) in [4.78, 5) is 21.7. The second kappa shape index (κ2) is 5.61. The number of aromatic nitrogens is 2. The van der Waals surface area contributed by atoms with Crippen molar-refractivity contribution in [1.29, 1.82) is 0 Å². The minimum absolute atomic E-state index is 0.0881. The van der Waals surface area contributed by atoms with Gasteiger partial charge in [0.1, 0.15) is 18.9 Å². The Kier molecular flexibility index (Phi) is 3.91. The first-order valence-corrected chi connectivity index (χ1v) is 6.07. The maximum atomic E-state index is 11.8. The fourth-order valence-electron chi connectivity index (χ4n) is 1.43. The van der Waals surface area contributed by atoms with Gasteiger partial charge in [-0.3, -0.25) is 19.6 Å². The molecule has 0 aliphatic heterocycles. The molecule has 19 heavy (non-hydrogen) atoms. The maximum Gasteiger partial charge on any atom is 0.307 e. The van der Waals surface area contributed by atoms with E-state index in [2.05, 4.69) is 26.3 Å². The first kappa shape index (κ1) is 13.2. The summed E-state index contributed by atoms with van der Waals surface area (Å²) in [6, 6.07) is 7.16. The number of hydrogen-bond acceptors (Lipinski definition) is 4. The van der Waals surface area contributed by atoms with E-state index in [4.69, 9.17) is 0 Å². The molecule has 98 valence electrons. The molecule has 0 fully saturated rings. The molecule has 0 aliphatic rings. The van der Waals surface area contributed by atoms with Crippen molar-refractivity contribution < 1.29 is 9.72 Å². The highest BCUT2D eigenvalue weighted by Gasteiger charge is 2.11. The van der Waals surface area contributed by atoms with E-state index >= 15 is 0 Å². The second-order valence-corrected chi connectivity index (χ2v) is 4.54.